The van der Waals surface area contributed by atoms with Gasteiger partial charge in [0.05, 0.1) is 0 Å². The van der Waals surface area contributed by atoms with Crippen molar-refractivity contribution in [3.63, 3.8) is 0 Å². The van der Waals surface area contributed by atoms with E-state index in [0.29, 0.717) is 12.3 Å². The zero-order valence-corrected chi connectivity index (χ0v) is 11.7. The molecule has 1 rings (SSSR count). The molecule has 108 valence electrons. The van der Waals surface area contributed by atoms with Gasteiger partial charge in [0.15, 0.2) is 5.75 Å². The van der Waals surface area contributed by atoms with E-state index in [1.165, 1.54) is 0 Å². The summed E-state index contributed by atoms with van der Waals surface area (Å²) in [6.07, 6.45) is -4.05. The SMILES string of the molecule is CC(C)[C@H]1CN(S(=O)(=O)CC(F)(F)F)CC[C@H]1C. The first-order valence-corrected chi connectivity index (χ1v) is 7.68. The van der Waals surface area contributed by atoms with Crippen molar-refractivity contribution in [2.24, 2.45) is 17.8 Å². The lowest BCUT2D eigenvalue weighted by atomic mass is 9.80. The molecule has 0 N–H and O–H groups in total. The fourth-order valence-corrected chi connectivity index (χ4v) is 3.87. The number of sulfonamides is 1. The summed E-state index contributed by atoms with van der Waals surface area (Å²) in [5, 5.41) is 0. The molecular weight excluding hydrogens is 267 g/mol. The second-order valence-electron chi connectivity index (χ2n) is 5.40. The average molecular weight is 287 g/mol. The van der Waals surface area contributed by atoms with Crippen molar-refractivity contribution >= 4 is 10.0 Å². The third-order valence-corrected chi connectivity index (χ3v) is 5.39. The molecule has 1 fully saturated rings. The Bertz CT molecular complexity index is 378. The summed E-state index contributed by atoms with van der Waals surface area (Å²) in [4.78, 5) is 0. The van der Waals surface area contributed by atoms with Crippen LogP contribution in [-0.4, -0.2) is 37.7 Å². The molecule has 0 aromatic rings. The molecule has 7 heteroatoms. The van der Waals surface area contributed by atoms with Gasteiger partial charge in [0.1, 0.15) is 0 Å². The van der Waals surface area contributed by atoms with Gasteiger partial charge in [-0.25, -0.2) is 12.7 Å². The Morgan fingerprint density at radius 3 is 2.33 bits per heavy atom. The first-order valence-electron chi connectivity index (χ1n) is 6.07. The summed E-state index contributed by atoms with van der Waals surface area (Å²) in [7, 11) is -4.22. The zero-order valence-electron chi connectivity index (χ0n) is 10.9. The lowest BCUT2D eigenvalue weighted by molar-refractivity contribution is -0.107. The molecule has 0 saturated carbocycles. The van der Waals surface area contributed by atoms with E-state index in [-0.39, 0.29) is 24.9 Å². The van der Waals surface area contributed by atoms with Crippen molar-refractivity contribution < 1.29 is 21.6 Å². The fourth-order valence-electron chi connectivity index (χ4n) is 2.49. The molecule has 0 unspecified atom stereocenters. The summed E-state index contributed by atoms with van der Waals surface area (Å²) >= 11 is 0. The van der Waals surface area contributed by atoms with E-state index < -0.39 is 22.0 Å². The van der Waals surface area contributed by atoms with Crippen LogP contribution in [-0.2, 0) is 10.0 Å². The molecule has 1 saturated heterocycles. The van der Waals surface area contributed by atoms with Gasteiger partial charge in [-0.2, -0.15) is 13.2 Å². The molecule has 0 radical (unpaired) electrons. The molecule has 0 amide bonds. The van der Waals surface area contributed by atoms with E-state index in [4.69, 9.17) is 0 Å². The van der Waals surface area contributed by atoms with Crippen molar-refractivity contribution in [1.82, 2.24) is 4.31 Å². The third kappa shape index (κ3) is 4.12. The van der Waals surface area contributed by atoms with E-state index in [9.17, 15) is 21.6 Å². The summed E-state index contributed by atoms with van der Waals surface area (Å²) in [5.41, 5.74) is 0. The maximum Gasteiger partial charge on any atom is 0.404 e. The zero-order chi connectivity index (χ0) is 14.1. The molecular formula is C11H20F3NO2S. The normalized spacial score (nSPS) is 27.7. The summed E-state index contributed by atoms with van der Waals surface area (Å²) in [6, 6.07) is 0. The van der Waals surface area contributed by atoms with Crippen LogP contribution in [0.25, 0.3) is 0 Å². The summed E-state index contributed by atoms with van der Waals surface area (Å²) < 4.78 is 61.1. The van der Waals surface area contributed by atoms with Crippen LogP contribution in [0.4, 0.5) is 13.2 Å². The summed E-state index contributed by atoms with van der Waals surface area (Å²) in [5.74, 6) is -1.01. The molecule has 1 heterocycles. The Morgan fingerprint density at radius 1 is 1.33 bits per heavy atom. The molecule has 0 aromatic carbocycles. The second kappa shape index (κ2) is 5.36. The standard InChI is InChI=1S/C11H20F3NO2S/c1-8(2)10-6-15(5-4-9(10)3)18(16,17)7-11(12,13)14/h8-10H,4-7H2,1-3H3/t9-,10-/m1/s1. The fraction of sp³-hybridized carbons (Fsp3) is 1.00. The van der Waals surface area contributed by atoms with Crippen LogP contribution in [0.3, 0.4) is 0 Å². The minimum atomic E-state index is -4.67. The van der Waals surface area contributed by atoms with E-state index in [0.717, 1.165) is 4.31 Å². The number of alkyl halides is 3. The first kappa shape index (κ1) is 15.8. The van der Waals surface area contributed by atoms with Crippen LogP contribution in [0.15, 0.2) is 0 Å². The van der Waals surface area contributed by atoms with Gasteiger partial charge in [0.25, 0.3) is 0 Å². The number of piperidine rings is 1. The molecule has 1 aliphatic heterocycles. The van der Waals surface area contributed by atoms with E-state index in [2.05, 4.69) is 0 Å². The Labute approximate surface area is 106 Å². The van der Waals surface area contributed by atoms with Crippen LogP contribution in [0.5, 0.6) is 0 Å². The van der Waals surface area contributed by atoms with Crippen LogP contribution in [0.2, 0.25) is 0 Å². The average Bonchev–Trinajstić information content (AvgIpc) is 2.13. The van der Waals surface area contributed by atoms with Crippen LogP contribution in [0, 0.1) is 17.8 Å². The smallest absolute Gasteiger partial charge is 0.212 e. The predicted molar refractivity (Wildman–Crippen MR) is 63.5 cm³/mol. The van der Waals surface area contributed by atoms with Gasteiger partial charge >= 0.3 is 6.18 Å². The topological polar surface area (TPSA) is 37.4 Å². The number of rotatable bonds is 3. The number of nitrogens with zero attached hydrogens (tertiary/aromatic N) is 1. The lowest BCUT2D eigenvalue weighted by Gasteiger charge is -2.38. The monoisotopic (exact) mass is 287 g/mol. The molecule has 0 spiro atoms. The largest absolute Gasteiger partial charge is 0.404 e. The van der Waals surface area contributed by atoms with Crippen molar-refractivity contribution in [3.8, 4) is 0 Å². The van der Waals surface area contributed by atoms with Crippen LogP contribution in [0.1, 0.15) is 27.2 Å². The van der Waals surface area contributed by atoms with Crippen molar-refractivity contribution in [2.45, 2.75) is 33.4 Å². The minimum absolute atomic E-state index is 0.127. The van der Waals surface area contributed by atoms with E-state index in [1.54, 1.807) is 0 Å². The molecule has 2 atom stereocenters. The van der Waals surface area contributed by atoms with Gasteiger partial charge in [-0.3, -0.25) is 0 Å². The van der Waals surface area contributed by atoms with Crippen LogP contribution >= 0.6 is 0 Å². The highest BCUT2D eigenvalue weighted by atomic mass is 32.2. The Balaban J connectivity index is 2.79. The minimum Gasteiger partial charge on any atom is -0.212 e. The highest BCUT2D eigenvalue weighted by molar-refractivity contribution is 7.89. The number of hydrogen-bond donors (Lipinski definition) is 0. The molecule has 0 aromatic heterocycles. The number of hydrogen-bond acceptors (Lipinski definition) is 2. The Kier molecular flexibility index (Phi) is 4.70. The van der Waals surface area contributed by atoms with E-state index in [1.807, 2.05) is 20.8 Å². The molecule has 1 aliphatic rings. The first-order chi connectivity index (χ1) is 8.03. The van der Waals surface area contributed by atoms with Gasteiger partial charge in [-0.1, -0.05) is 20.8 Å². The third-order valence-electron chi connectivity index (χ3n) is 3.57. The van der Waals surface area contributed by atoms with Crippen molar-refractivity contribution in [2.75, 3.05) is 18.8 Å². The maximum absolute atomic E-state index is 12.2. The molecule has 18 heavy (non-hydrogen) atoms. The van der Waals surface area contributed by atoms with Gasteiger partial charge in [-0.05, 0) is 24.2 Å². The van der Waals surface area contributed by atoms with Gasteiger partial charge in [0.2, 0.25) is 10.0 Å². The molecule has 0 bridgehead atoms. The molecule has 3 nitrogen and oxygen atoms in total. The lowest BCUT2D eigenvalue weighted by Crippen LogP contribution is -2.47. The second-order valence-corrected chi connectivity index (χ2v) is 7.37. The van der Waals surface area contributed by atoms with E-state index >= 15 is 0 Å². The highest BCUT2D eigenvalue weighted by Crippen LogP contribution is 2.31. The predicted octanol–water partition coefficient (Wildman–Crippen LogP) is 2.49. The molecule has 0 aliphatic carbocycles. The maximum atomic E-state index is 12.2. The number of halogens is 3. The Morgan fingerprint density at radius 2 is 1.89 bits per heavy atom. The van der Waals surface area contributed by atoms with Crippen molar-refractivity contribution in [1.29, 1.82) is 0 Å². The van der Waals surface area contributed by atoms with Gasteiger partial charge in [-0.15, -0.1) is 0 Å². The van der Waals surface area contributed by atoms with Gasteiger partial charge < -0.3 is 0 Å². The van der Waals surface area contributed by atoms with Crippen molar-refractivity contribution in [3.05, 3.63) is 0 Å². The van der Waals surface area contributed by atoms with Gasteiger partial charge in [0, 0.05) is 13.1 Å². The summed E-state index contributed by atoms with van der Waals surface area (Å²) in [6.45, 7) is 6.38. The highest BCUT2D eigenvalue weighted by Gasteiger charge is 2.41. The quantitative estimate of drug-likeness (QED) is 0.800. The Hall–Kier alpha value is -0.300. The van der Waals surface area contributed by atoms with Crippen LogP contribution < -0.4 is 0 Å².